The van der Waals surface area contributed by atoms with Gasteiger partial charge in [-0.15, -0.1) is 10.2 Å². The normalized spacial score (nSPS) is 15.3. The summed E-state index contributed by atoms with van der Waals surface area (Å²) in [7, 11) is 0. The third kappa shape index (κ3) is 5.04. The molecule has 0 spiro atoms. The summed E-state index contributed by atoms with van der Waals surface area (Å²) in [6.07, 6.45) is -0.106. The highest BCUT2D eigenvalue weighted by Gasteiger charge is 2.24. The predicted octanol–water partition coefficient (Wildman–Crippen LogP) is 4.59. The van der Waals surface area contributed by atoms with Gasteiger partial charge in [-0.3, -0.25) is 4.79 Å². The lowest BCUT2D eigenvalue weighted by atomic mass is 10.2. The van der Waals surface area contributed by atoms with Crippen LogP contribution in [0, 0.1) is 13.8 Å². The summed E-state index contributed by atoms with van der Waals surface area (Å²) in [5.41, 5.74) is 2.73. The van der Waals surface area contributed by atoms with Gasteiger partial charge in [0.05, 0.1) is 12.3 Å². The van der Waals surface area contributed by atoms with Crippen molar-refractivity contribution in [3.8, 4) is 11.5 Å². The number of thioether (sulfide) groups is 1. The van der Waals surface area contributed by atoms with Crippen molar-refractivity contribution in [2.45, 2.75) is 50.7 Å². The Morgan fingerprint density at radius 2 is 2.06 bits per heavy atom. The molecule has 4 rings (SSSR count). The molecule has 9 heteroatoms. The van der Waals surface area contributed by atoms with Crippen molar-refractivity contribution in [1.82, 2.24) is 14.8 Å². The molecule has 1 atom stereocenters. The Morgan fingerprint density at radius 3 is 2.84 bits per heavy atom. The van der Waals surface area contributed by atoms with Gasteiger partial charge in [0.2, 0.25) is 5.13 Å². The minimum absolute atomic E-state index is 0.0871. The van der Waals surface area contributed by atoms with Crippen molar-refractivity contribution >= 4 is 34.0 Å². The number of para-hydroxylation sites is 2. The Labute approximate surface area is 190 Å². The Morgan fingerprint density at radius 1 is 1.29 bits per heavy atom. The Balaban J connectivity index is 1.39. The van der Waals surface area contributed by atoms with Crippen molar-refractivity contribution in [2.24, 2.45) is 0 Å². The number of fused-ring (bicyclic) bond motifs is 1. The number of benzene rings is 1. The number of hydrogen-bond donors (Lipinski definition) is 1. The molecule has 3 heterocycles. The standard InChI is InChI=1S/C22H26N4O3S2/c1-13(2)23-21-24-25-22(31-21)30-12-18(27)17-9-14(3)26(15(17)4)10-16-11-28-19-7-5-6-8-20(19)29-16/h5-9,13,16H,10-12H2,1-4H3,(H,23,24). The van der Waals surface area contributed by atoms with E-state index in [2.05, 4.69) is 33.9 Å². The molecule has 7 nitrogen and oxygen atoms in total. The van der Waals surface area contributed by atoms with Crippen LogP contribution < -0.4 is 14.8 Å². The van der Waals surface area contributed by atoms with Crippen LogP contribution in [0.3, 0.4) is 0 Å². The average molecular weight is 459 g/mol. The summed E-state index contributed by atoms with van der Waals surface area (Å²) in [5, 5.41) is 12.3. The Kier molecular flexibility index (Phi) is 6.52. The number of rotatable bonds is 8. The molecule has 0 saturated carbocycles. The summed E-state index contributed by atoms with van der Waals surface area (Å²) in [5.74, 6) is 1.95. The summed E-state index contributed by atoms with van der Waals surface area (Å²) in [4.78, 5) is 12.9. The van der Waals surface area contributed by atoms with Crippen molar-refractivity contribution in [1.29, 1.82) is 0 Å². The van der Waals surface area contributed by atoms with Gasteiger partial charge < -0.3 is 19.4 Å². The molecule has 0 fully saturated rings. The first kappa shape index (κ1) is 21.7. The first-order valence-electron chi connectivity index (χ1n) is 10.2. The van der Waals surface area contributed by atoms with Crippen LogP contribution >= 0.6 is 23.1 Å². The predicted molar refractivity (Wildman–Crippen MR) is 124 cm³/mol. The first-order chi connectivity index (χ1) is 14.9. The minimum atomic E-state index is -0.106. The zero-order valence-electron chi connectivity index (χ0n) is 18.0. The fourth-order valence-corrected chi connectivity index (χ4v) is 5.28. The van der Waals surface area contributed by atoms with Crippen molar-refractivity contribution < 1.29 is 14.3 Å². The molecule has 0 amide bonds. The quantitative estimate of drug-likeness (QED) is 0.391. The molecule has 1 aliphatic rings. The fraction of sp³-hybridized carbons (Fsp3) is 0.409. The van der Waals surface area contributed by atoms with Crippen LogP contribution in [0.25, 0.3) is 0 Å². The maximum absolute atomic E-state index is 12.9. The zero-order chi connectivity index (χ0) is 22.0. The second kappa shape index (κ2) is 9.32. The molecule has 0 saturated heterocycles. The zero-order valence-corrected chi connectivity index (χ0v) is 19.7. The molecule has 0 bridgehead atoms. The molecule has 3 aromatic rings. The monoisotopic (exact) mass is 458 g/mol. The lowest BCUT2D eigenvalue weighted by molar-refractivity contribution is 0.0777. The van der Waals surface area contributed by atoms with E-state index >= 15 is 0 Å². The van der Waals surface area contributed by atoms with Crippen LogP contribution in [0.1, 0.15) is 35.6 Å². The number of anilines is 1. The van der Waals surface area contributed by atoms with Crippen LogP contribution in [-0.4, -0.2) is 45.1 Å². The number of carbonyl (C=O) groups is 1. The molecular formula is C22H26N4O3S2. The van der Waals surface area contributed by atoms with Crippen molar-refractivity contribution in [3.05, 3.63) is 47.3 Å². The second-order valence-electron chi connectivity index (χ2n) is 7.78. The molecule has 2 aromatic heterocycles. The first-order valence-corrected chi connectivity index (χ1v) is 12.0. The highest BCUT2D eigenvalue weighted by atomic mass is 32.2. The summed E-state index contributed by atoms with van der Waals surface area (Å²) >= 11 is 2.89. The van der Waals surface area contributed by atoms with E-state index in [0.717, 1.165) is 37.9 Å². The van der Waals surface area contributed by atoms with Crippen LogP contribution in [0.4, 0.5) is 5.13 Å². The highest BCUT2D eigenvalue weighted by Crippen LogP contribution is 2.32. The van der Waals surface area contributed by atoms with Gasteiger partial charge in [0.15, 0.2) is 27.7 Å². The van der Waals surface area contributed by atoms with E-state index in [9.17, 15) is 4.79 Å². The van der Waals surface area contributed by atoms with E-state index in [0.29, 0.717) is 24.9 Å². The number of Topliss-reactive ketones (excluding diaryl/α,β-unsaturated/α-hetero) is 1. The fourth-order valence-electron chi connectivity index (χ4n) is 3.50. The van der Waals surface area contributed by atoms with Crippen LogP contribution in [-0.2, 0) is 6.54 Å². The summed E-state index contributed by atoms with van der Waals surface area (Å²) in [6, 6.07) is 9.95. The number of nitrogens with zero attached hydrogens (tertiary/aromatic N) is 3. The maximum atomic E-state index is 12.9. The third-order valence-corrected chi connectivity index (χ3v) is 6.96. The highest BCUT2D eigenvalue weighted by molar-refractivity contribution is 8.01. The number of hydrogen-bond acceptors (Lipinski definition) is 8. The molecule has 1 unspecified atom stereocenters. The van der Waals surface area contributed by atoms with Gasteiger partial charge in [0.25, 0.3) is 0 Å². The number of ketones is 1. The minimum Gasteiger partial charge on any atom is -0.486 e. The molecule has 1 aliphatic heterocycles. The molecular weight excluding hydrogens is 432 g/mol. The van der Waals surface area contributed by atoms with Crippen LogP contribution in [0.5, 0.6) is 11.5 Å². The SMILES string of the molecule is Cc1cc(C(=O)CSc2nnc(NC(C)C)s2)c(C)n1CC1COc2ccccc2O1. The molecule has 0 aliphatic carbocycles. The van der Waals surface area contributed by atoms with Crippen LogP contribution in [0.15, 0.2) is 34.7 Å². The van der Waals surface area contributed by atoms with Gasteiger partial charge in [-0.05, 0) is 45.9 Å². The number of ether oxygens (including phenoxy) is 2. The van der Waals surface area contributed by atoms with E-state index in [1.807, 2.05) is 44.2 Å². The Bertz CT molecular complexity index is 1080. The topological polar surface area (TPSA) is 78.3 Å². The summed E-state index contributed by atoms with van der Waals surface area (Å²) in [6.45, 7) is 9.22. The van der Waals surface area contributed by atoms with E-state index in [1.54, 1.807) is 0 Å². The van der Waals surface area contributed by atoms with Gasteiger partial charge in [0.1, 0.15) is 6.61 Å². The van der Waals surface area contributed by atoms with E-state index < -0.39 is 0 Å². The third-order valence-electron chi connectivity index (χ3n) is 4.97. The maximum Gasteiger partial charge on any atom is 0.206 e. The molecule has 31 heavy (non-hydrogen) atoms. The van der Waals surface area contributed by atoms with Gasteiger partial charge in [-0.2, -0.15) is 0 Å². The number of carbonyl (C=O) groups excluding carboxylic acids is 1. The lowest BCUT2D eigenvalue weighted by Crippen LogP contribution is -2.33. The molecule has 1 aromatic carbocycles. The second-order valence-corrected chi connectivity index (χ2v) is 9.98. The van der Waals surface area contributed by atoms with Crippen LogP contribution in [0.2, 0.25) is 0 Å². The van der Waals surface area contributed by atoms with Gasteiger partial charge in [0, 0.05) is 23.0 Å². The van der Waals surface area contributed by atoms with E-state index in [4.69, 9.17) is 9.47 Å². The molecule has 164 valence electrons. The van der Waals surface area contributed by atoms with E-state index in [-0.39, 0.29) is 11.9 Å². The van der Waals surface area contributed by atoms with E-state index in [1.165, 1.54) is 23.1 Å². The number of nitrogens with one attached hydrogen (secondary N) is 1. The molecule has 1 N–H and O–H groups in total. The summed E-state index contributed by atoms with van der Waals surface area (Å²) < 4.78 is 14.8. The Hall–Kier alpha value is -2.52. The smallest absolute Gasteiger partial charge is 0.206 e. The van der Waals surface area contributed by atoms with Gasteiger partial charge in [-0.25, -0.2) is 0 Å². The lowest BCUT2D eigenvalue weighted by Gasteiger charge is -2.27. The van der Waals surface area contributed by atoms with Crippen molar-refractivity contribution in [2.75, 3.05) is 17.7 Å². The number of aryl methyl sites for hydroxylation is 1. The van der Waals surface area contributed by atoms with Gasteiger partial charge in [-0.1, -0.05) is 35.2 Å². The average Bonchev–Trinajstić information content (AvgIpc) is 3.30. The van der Waals surface area contributed by atoms with Gasteiger partial charge >= 0.3 is 0 Å². The largest absolute Gasteiger partial charge is 0.486 e. The number of aromatic nitrogens is 3. The van der Waals surface area contributed by atoms with Crippen molar-refractivity contribution in [3.63, 3.8) is 0 Å². The molecule has 0 radical (unpaired) electrons.